The van der Waals surface area contributed by atoms with E-state index in [0.29, 0.717) is 13.0 Å². The molecule has 1 saturated heterocycles. The topological polar surface area (TPSA) is 58.6 Å². The van der Waals surface area contributed by atoms with Crippen LogP contribution >= 0.6 is 0 Å². The fraction of sp³-hybridized carbons (Fsp3) is 0.867. The van der Waals surface area contributed by atoms with Crippen molar-refractivity contribution in [2.45, 2.75) is 65.1 Å². The molecule has 1 N–H and O–H groups in total. The van der Waals surface area contributed by atoms with Crippen molar-refractivity contribution in [2.75, 3.05) is 13.7 Å². The molecule has 5 nitrogen and oxygen atoms in total. The summed E-state index contributed by atoms with van der Waals surface area (Å²) < 4.78 is 5.23. The van der Waals surface area contributed by atoms with Gasteiger partial charge in [0.2, 0.25) is 11.8 Å². The van der Waals surface area contributed by atoms with E-state index in [1.165, 1.54) is 0 Å². The van der Waals surface area contributed by atoms with Gasteiger partial charge in [0.25, 0.3) is 0 Å². The van der Waals surface area contributed by atoms with Crippen LogP contribution in [0.15, 0.2) is 0 Å². The van der Waals surface area contributed by atoms with Crippen molar-refractivity contribution in [3.63, 3.8) is 0 Å². The Hall–Kier alpha value is -1.10. The lowest BCUT2D eigenvalue weighted by Gasteiger charge is -2.48. The normalized spacial score (nSPS) is 25.6. The van der Waals surface area contributed by atoms with Crippen molar-refractivity contribution in [1.29, 1.82) is 0 Å². The summed E-state index contributed by atoms with van der Waals surface area (Å²) in [5.74, 6) is 0.0829. The number of hydrogen-bond donors (Lipinski definition) is 1. The average Bonchev–Trinajstić information content (AvgIpc) is 2.39. The molecule has 3 atom stereocenters. The molecule has 0 aliphatic carbocycles. The van der Waals surface area contributed by atoms with Crippen LogP contribution in [0.3, 0.4) is 0 Å². The summed E-state index contributed by atoms with van der Waals surface area (Å²) in [6.45, 7) is 10.3. The quantitative estimate of drug-likeness (QED) is 0.805. The second-order valence-corrected chi connectivity index (χ2v) is 6.25. The molecule has 0 saturated carbocycles. The van der Waals surface area contributed by atoms with Gasteiger partial charge >= 0.3 is 0 Å². The minimum Gasteiger partial charge on any atom is -0.382 e. The minimum absolute atomic E-state index is 0.00727. The largest absolute Gasteiger partial charge is 0.382 e. The summed E-state index contributed by atoms with van der Waals surface area (Å²) >= 11 is 0. The number of nitrogens with one attached hydrogen (secondary N) is 1. The fourth-order valence-electron chi connectivity index (χ4n) is 2.86. The molecule has 1 fully saturated rings. The van der Waals surface area contributed by atoms with Gasteiger partial charge < -0.3 is 15.0 Å². The predicted molar refractivity (Wildman–Crippen MR) is 78.3 cm³/mol. The number of nitrogens with zero attached hydrogens (tertiary/aromatic N) is 1. The Labute approximate surface area is 122 Å². The molecule has 0 aromatic carbocycles. The maximum atomic E-state index is 12.8. The highest BCUT2D eigenvalue weighted by Crippen LogP contribution is 2.27. The van der Waals surface area contributed by atoms with Crippen LogP contribution in [0.25, 0.3) is 0 Å². The minimum atomic E-state index is -0.490. The van der Waals surface area contributed by atoms with Crippen LogP contribution < -0.4 is 5.32 Å². The monoisotopic (exact) mass is 284 g/mol. The lowest BCUT2D eigenvalue weighted by molar-refractivity contribution is -0.159. The summed E-state index contributed by atoms with van der Waals surface area (Å²) in [6.07, 6.45) is 1.46. The second kappa shape index (κ2) is 6.57. The molecule has 0 aromatic rings. The molecule has 0 radical (unpaired) electrons. The Morgan fingerprint density at radius 3 is 2.40 bits per heavy atom. The van der Waals surface area contributed by atoms with E-state index in [1.54, 1.807) is 12.0 Å². The molecule has 5 heteroatoms. The number of carbonyl (C=O) groups excluding carboxylic acids is 2. The molecule has 3 unspecified atom stereocenters. The fourth-order valence-corrected chi connectivity index (χ4v) is 2.86. The smallest absolute Gasteiger partial charge is 0.246 e. The summed E-state index contributed by atoms with van der Waals surface area (Å²) in [4.78, 5) is 26.9. The van der Waals surface area contributed by atoms with Crippen molar-refractivity contribution < 1.29 is 14.3 Å². The molecular formula is C15H28N2O3. The average molecular weight is 284 g/mol. The number of rotatable bonds is 6. The SMILES string of the molecule is CCC(C)C1NC(=O)C(CC)N(C(C)(C)COC)C1=O. The molecule has 1 heterocycles. The zero-order chi connectivity index (χ0) is 15.5. The first-order valence-corrected chi connectivity index (χ1v) is 7.42. The standard InChI is InChI=1S/C15H28N2O3/c1-7-10(3)12-14(19)17(15(4,5)9-20-6)11(8-2)13(18)16-12/h10-12H,7-9H2,1-6H3,(H,16,18). The van der Waals surface area contributed by atoms with E-state index in [1.807, 2.05) is 34.6 Å². The van der Waals surface area contributed by atoms with Crippen LogP contribution in [-0.4, -0.2) is 48.1 Å². The van der Waals surface area contributed by atoms with Gasteiger partial charge in [-0.2, -0.15) is 0 Å². The number of ether oxygens (including phenoxy) is 1. The second-order valence-electron chi connectivity index (χ2n) is 6.25. The number of carbonyl (C=O) groups is 2. The van der Waals surface area contributed by atoms with E-state index in [-0.39, 0.29) is 17.7 Å². The lowest BCUT2D eigenvalue weighted by Crippen LogP contribution is -2.70. The third-order valence-corrected chi connectivity index (χ3v) is 4.16. The van der Waals surface area contributed by atoms with Crippen molar-refractivity contribution in [3.05, 3.63) is 0 Å². The first kappa shape index (κ1) is 17.0. The first-order valence-electron chi connectivity index (χ1n) is 7.42. The van der Waals surface area contributed by atoms with E-state index in [2.05, 4.69) is 5.32 Å². The lowest BCUT2D eigenvalue weighted by atomic mass is 9.89. The Kier molecular flexibility index (Phi) is 5.57. The third kappa shape index (κ3) is 3.14. The molecule has 1 rings (SSSR count). The van der Waals surface area contributed by atoms with Crippen molar-refractivity contribution in [3.8, 4) is 0 Å². The maximum Gasteiger partial charge on any atom is 0.246 e. The molecule has 1 aliphatic rings. The number of amides is 2. The Morgan fingerprint density at radius 2 is 1.95 bits per heavy atom. The van der Waals surface area contributed by atoms with E-state index in [9.17, 15) is 9.59 Å². The predicted octanol–water partition coefficient (Wildman–Crippen LogP) is 1.56. The number of methoxy groups -OCH3 is 1. The molecular weight excluding hydrogens is 256 g/mol. The molecule has 1 aliphatic heterocycles. The molecule has 20 heavy (non-hydrogen) atoms. The van der Waals surface area contributed by atoms with E-state index in [4.69, 9.17) is 4.74 Å². The van der Waals surface area contributed by atoms with Crippen LogP contribution in [0.5, 0.6) is 0 Å². The van der Waals surface area contributed by atoms with Gasteiger partial charge in [-0.3, -0.25) is 9.59 Å². The molecule has 116 valence electrons. The first-order chi connectivity index (χ1) is 9.30. The van der Waals surface area contributed by atoms with Crippen LogP contribution in [0.2, 0.25) is 0 Å². The third-order valence-electron chi connectivity index (χ3n) is 4.16. The van der Waals surface area contributed by atoms with Crippen LogP contribution in [0, 0.1) is 5.92 Å². The Bertz CT molecular complexity index is 368. The van der Waals surface area contributed by atoms with Gasteiger partial charge in [0.1, 0.15) is 12.1 Å². The van der Waals surface area contributed by atoms with Crippen molar-refractivity contribution >= 4 is 11.8 Å². The van der Waals surface area contributed by atoms with E-state index >= 15 is 0 Å². The highest BCUT2D eigenvalue weighted by molar-refractivity contribution is 5.97. The van der Waals surface area contributed by atoms with Crippen molar-refractivity contribution in [1.82, 2.24) is 10.2 Å². The summed E-state index contributed by atoms with van der Waals surface area (Å²) in [5.41, 5.74) is -0.490. The summed E-state index contributed by atoms with van der Waals surface area (Å²) in [7, 11) is 1.61. The number of piperazine rings is 1. The van der Waals surface area contributed by atoms with Gasteiger partial charge in [-0.15, -0.1) is 0 Å². The number of hydrogen-bond acceptors (Lipinski definition) is 3. The van der Waals surface area contributed by atoms with Gasteiger partial charge in [0, 0.05) is 7.11 Å². The zero-order valence-electron chi connectivity index (χ0n) is 13.5. The van der Waals surface area contributed by atoms with Crippen LogP contribution in [0.1, 0.15) is 47.5 Å². The Morgan fingerprint density at radius 1 is 1.35 bits per heavy atom. The highest BCUT2D eigenvalue weighted by Gasteiger charge is 2.47. The van der Waals surface area contributed by atoms with Gasteiger partial charge in [-0.25, -0.2) is 0 Å². The maximum absolute atomic E-state index is 12.8. The van der Waals surface area contributed by atoms with Gasteiger partial charge in [0.05, 0.1) is 12.1 Å². The van der Waals surface area contributed by atoms with Gasteiger partial charge in [-0.1, -0.05) is 27.2 Å². The molecule has 0 spiro atoms. The van der Waals surface area contributed by atoms with Gasteiger partial charge in [0.15, 0.2) is 0 Å². The molecule has 0 bridgehead atoms. The molecule has 2 amide bonds. The zero-order valence-corrected chi connectivity index (χ0v) is 13.5. The summed E-state index contributed by atoms with van der Waals surface area (Å²) in [5, 5.41) is 2.89. The summed E-state index contributed by atoms with van der Waals surface area (Å²) in [6, 6.07) is -0.834. The molecule has 0 aromatic heterocycles. The van der Waals surface area contributed by atoms with Crippen LogP contribution in [-0.2, 0) is 14.3 Å². The van der Waals surface area contributed by atoms with E-state index in [0.717, 1.165) is 6.42 Å². The van der Waals surface area contributed by atoms with Crippen molar-refractivity contribution in [2.24, 2.45) is 5.92 Å². The van der Waals surface area contributed by atoms with Gasteiger partial charge in [-0.05, 0) is 26.2 Å². The highest BCUT2D eigenvalue weighted by atomic mass is 16.5. The van der Waals surface area contributed by atoms with Crippen LogP contribution in [0.4, 0.5) is 0 Å². The van der Waals surface area contributed by atoms with E-state index < -0.39 is 17.6 Å². The Balaban J connectivity index is 3.13.